The molecule has 1 N–H and O–H groups in total. The van der Waals surface area contributed by atoms with Gasteiger partial charge in [0.05, 0.1) is 22.8 Å². The van der Waals surface area contributed by atoms with E-state index in [0.29, 0.717) is 11.6 Å². The first-order valence-electron chi connectivity index (χ1n) is 9.15. The highest BCUT2D eigenvalue weighted by atomic mass is 32.1. The lowest BCUT2D eigenvalue weighted by atomic mass is 10.0. The van der Waals surface area contributed by atoms with Gasteiger partial charge in [-0.1, -0.05) is 42.5 Å². The molecule has 0 spiro atoms. The lowest BCUT2D eigenvalue weighted by molar-refractivity contribution is -0.115. The van der Waals surface area contributed by atoms with E-state index in [1.54, 1.807) is 11.3 Å². The first-order valence-corrected chi connectivity index (χ1v) is 10.8. The summed E-state index contributed by atoms with van der Waals surface area (Å²) in [4.78, 5) is 23.7. The molecule has 2 aromatic carbocycles. The molecule has 4 rings (SSSR count). The first-order chi connectivity index (χ1) is 13.5. The van der Waals surface area contributed by atoms with E-state index in [-0.39, 0.29) is 5.91 Å². The molecule has 0 atom stereocenters. The summed E-state index contributed by atoms with van der Waals surface area (Å²) >= 11 is 3.13. The predicted molar refractivity (Wildman–Crippen MR) is 118 cm³/mol. The van der Waals surface area contributed by atoms with Crippen molar-refractivity contribution in [1.82, 2.24) is 9.97 Å². The maximum atomic E-state index is 12.4. The molecule has 6 heteroatoms. The van der Waals surface area contributed by atoms with Crippen molar-refractivity contribution in [2.45, 2.75) is 33.6 Å². The van der Waals surface area contributed by atoms with Crippen molar-refractivity contribution < 1.29 is 4.79 Å². The molecule has 4 nitrogen and oxygen atoms in total. The summed E-state index contributed by atoms with van der Waals surface area (Å²) in [5, 5.41) is 7.11. The normalized spacial score (nSPS) is 11.1. The number of anilines is 1. The van der Waals surface area contributed by atoms with Crippen LogP contribution in [0, 0.1) is 20.8 Å². The van der Waals surface area contributed by atoms with E-state index in [0.717, 1.165) is 32.6 Å². The number of carbonyl (C=O) groups is 1. The van der Waals surface area contributed by atoms with Crippen LogP contribution in [0.25, 0.3) is 10.8 Å². The van der Waals surface area contributed by atoms with E-state index in [1.807, 2.05) is 20.8 Å². The van der Waals surface area contributed by atoms with Crippen LogP contribution >= 0.6 is 22.7 Å². The maximum absolute atomic E-state index is 12.4. The summed E-state index contributed by atoms with van der Waals surface area (Å²) in [6, 6.07) is 14.8. The monoisotopic (exact) mass is 407 g/mol. The van der Waals surface area contributed by atoms with Crippen molar-refractivity contribution >= 4 is 44.5 Å². The summed E-state index contributed by atoms with van der Waals surface area (Å²) in [6.45, 7) is 5.94. The Balaban J connectivity index is 1.49. The fraction of sp³-hybridized carbons (Fsp3) is 0.227. The number of aryl methyl sites for hydroxylation is 3. The molecular formula is C22H21N3OS2. The second-order valence-electron chi connectivity index (χ2n) is 6.82. The molecule has 4 aromatic rings. The molecule has 0 unspecified atom stereocenters. The molecular weight excluding hydrogens is 386 g/mol. The van der Waals surface area contributed by atoms with E-state index in [4.69, 9.17) is 4.98 Å². The average molecular weight is 408 g/mol. The van der Waals surface area contributed by atoms with Gasteiger partial charge in [-0.05, 0) is 37.1 Å². The Hall–Kier alpha value is -2.57. The minimum absolute atomic E-state index is 0.0442. The standard InChI is InChI=1S/C22H21N3OS2/c1-13-15(3)27-22(24-13)25-20(26)12-19-14(2)23-21(28-19)11-17-9-6-8-16-7-4-5-10-18(16)17/h4-10H,11-12H2,1-3H3,(H,24,25,26). The maximum Gasteiger partial charge on any atom is 0.231 e. The van der Waals surface area contributed by atoms with Crippen molar-refractivity contribution in [3.05, 3.63) is 74.2 Å². The molecule has 0 aliphatic carbocycles. The number of rotatable bonds is 5. The fourth-order valence-electron chi connectivity index (χ4n) is 3.17. The molecule has 0 aliphatic rings. The Bertz CT molecular complexity index is 1140. The molecule has 0 fully saturated rings. The zero-order valence-electron chi connectivity index (χ0n) is 16.1. The van der Waals surface area contributed by atoms with Crippen molar-refractivity contribution in [2.75, 3.05) is 5.32 Å². The van der Waals surface area contributed by atoms with Crippen LogP contribution < -0.4 is 5.32 Å². The fourth-order valence-corrected chi connectivity index (χ4v) is 5.10. The van der Waals surface area contributed by atoms with Crippen LogP contribution in [-0.2, 0) is 17.6 Å². The van der Waals surface area contributed by atoms with Crippen LogP contribution in [0.4, 0.5) is 5.13 Å². The summed E-state index contributed by atoms with van der Waals surface area (Å²) in [5.41, 5.74) is 3.16. The summed E-state index contributed by atoms with van der Waals surface area (Å²) < 4.78 is 0. The highest BCUT2D eigenvalue weighted by Gasteiger charge is 2.14. The average Bonchev–Trinajstić information content (AvgIpc) is 3.16. The van der Waals surface area contributed by atoms with Gasteiger partial charge in [0.2, 0.25) is 5.91 Å². The van der Waals surface area contributed by atoms with Crippen LogP contribution in [0.2, 0.25) is 0 Å². The van der Waals surface area contributed by atoms with E-state index in [9.17, 15) is 4.79 Å². The number of nitrogens with one attached hydrogen (secondary N) is 1. The van der Waals surface area contributed by atoms with E-state index < -0.39 is 0 Å². The van der Waals surface area contributed by atoms with Gasteiger partial charge in [-0.3, -0.25) is 4.79 Å². The number of amides is 1. The van der Waals surface area contributed by atoms with E-state index >= 15 is 0 Å². The smallest absolute Gasteiger partial charge is 0.231 e. The number of hydrogen-bond donors (Lipinski definition) is 1. The van der Waals surface area contributed by atoms with Gasteiger partial charge in [0, 0.05) is 16.2 Å². The van der Waals surface area contributed by atoms with Crippen molar-refractivity contribution in [2.24, 2.45) is 0 Å². The molecule has 0 saturated carbocycles. The number of carbonyl (C=O) groups excluding carboxylic acids is 1. The number of fused-ring (bicyclic) bond motifs is 1. The Kier molecular flexibility index (Phi) is 5.24. The van der Waals surface area contributed by atoms with E-state index in [1.165, 1.54) is 27.7 Å². The molecule has 2 heterocycles. The topological polar surface area (TPSA) is 54.9 Å². The summed E-state index contributed by atoms with van der Waals surface area (Å²) in [5.74, 6) is -0.0442. The van der Waals surface area contributed by atoms with Crippen LogP contribution in [0.15, 0.2) is 42.5 Å². The minimum Gasteiger partial charge on any atom is -0.302 e. The first kappa shape index (κ1) is 18.8. The number of nitrogens with zero attached hydrogens (tertiary/aromatic N) is 2. The molecule has 142 valence electrons. The van der Waals surface area contributed by atoms with Gasteiger partial charge in [0.15, 0.2) is 5.13 Å². The number of thiazole rings is 2. The quantitative estimate of drug-likeness (QED) is 0.479. The van der Waals surface area contributed by atoms with Gasteiger partial charge in [-0.2, -0.15) is 0 Å². The van der Waals surface area contributed by atoms with Crippen LogP contribution in [0.1, 0.15) is 31.7 Å². The van der Waals surface area contributed by atoms with Crippen molar-refractivity contribution in [1.29, 1.82) is 0 Å². The van der Waals surface area contributed by atoms with Crippen molar-refractivity contribution in [3.63, 3.8) is 0 Å². The second-order valence-corrected chi connectivity index (χ2v) is 9.19. The Labute approximate surface area is 172 Å². The third-order valence-electron chi connectivity index (χ3n) is 4.75. The summed E-state index contributed by atoms with van der Waals surface area (Å²) in [7, 11) is 0. The summed E-state index contributed by atoms with van der Waals surface area (Å²) in [6.07, 6.45) is 1.11. The van der Waals surface area contributed by atoms with Gasteiger partial charge < -0.3 is 5.32 Å². The lowest BCUT2D eigenvalue weighted by Gasteiger charge is -2.04. The molecule has 0 saturated heterocycles. The molecule has 28 heavy (non-hydrogen) atoms. The SMILES string of the molecule is Cc1nc(NC(=O)Cc2sc(Cc3cccc4ccccc34)nc2C)sc1C. The Morgan fingerprint density at radius 1 is 0.964 bits per heavy atom. The number of benzene rings is 2. The van der Waals surface area contributed by atoms with Gasteiger partial charge in [-0.15, -0.1) is 22.7 Å². The molecule has 0 radical (unpaired) electrons. The highest BCUT2D eigenvalue weighted by Crippen LogP contribution is 2.26. The zero-order valence-corrected chi connectivity index (χ0v) is 17.7. The number of hydrogen-bond acceptors (Lipinski definition) is 5. The third kappa shape index (κ3) is 3.98. The van der Waals surface area contributed by atoms with Gasteiger partial charge in [-0.25, -0.2) is 9.97 Å². The zero-order chi connectivity index (χ0) is 19.7. The number of aromatic nitrogens is 2. The van der Waals surface area contributed by atoms with Gasteiger partial charge in [0.1, 0.15) is 0 Å². The van der Waals surface area contributed by atoms with Crippen LogP contribution in [0.5, 0.6) is 0 Å². The Morgan fingerprint density at radius 2 is 1.75 bits per heavy atom. The largest absolute Gasteiger partial charge is 0.302 e. The van der Waals surface area contributed by atoms with Crippen LogP contribution in [-0.4, -0.2) is 15.9 Å². The van der Waals surface area contributed by atoms with Crippen molar-refractivity contribution in [3.8, 4) is 0 Å². The predicted octanol–water partition coefficient (Wildman–Crippen LogP) is 5.45. The minimum atomic E-state index is -0.0442. The van der Waals surface area contributed by atoms with E-state index in [2.05, 4.69) is 52.8 Å². The molecule has 2 aromatic heterocycles. The van der Waals surface area contributed by atoms with Gasteiger partial charge >= 0.3 is 0 Å². The van der Waals surface area contributed by atoms with Gasteiger partial charge in [0.25, 0.3) is 0 Å². The third-order valence-corrected chi connectivity index (χ3v) is 6.90. The molecule has 0 aliphatic heterocycles. The molecule has 1 amide bonds. The van der Waals surface area contributed by atoms with Crippen LogP contribution in [0.3, 0.4) is 0 Å². The second kappa shape index (κ2) is 7.81. The molecule has 0 bridgehead atoms. The highest BCUT2D eigenvalue weighted by molar-refractivity contribution is 7.15. The Morgan fingerprint density at radius 3 is 2.54 bits per heavy atom. The lowest BCUT2D eigenvalue weighted by Crippen LogP contribution is -2.14.